The maximum atomic E-state index is 6.58. The number of hydrogen-bond acceptors (Lipinski definition) is 5. The van der Waals surface area contributed by atoms with E-state index in [2.05, 4.69) is 10.3 Å². The largest absolute Gasteiger partial charge is 0.490 e. The summed E-state index contributed by atoms with van der Waals surface area (Å²) in [4.78, 5) is 6.55. The third-order valence-corrected chi connectivity index (χ3v) is 7.11. The molecule has 0 amide bonds. The van der Waals surface area contributed by atoms with Crippen LogP contribution in [-0.4, -0.2) is 30.4 Å². The van der Waals surface area contributed by atoms with Gasteiger partial charge in [-0.2, -0.15) is 0 Å². The van der Waals surface area contributed by atoms with Crippen LogP contribution in [0.3, 0.4) is 0 Å². The van der Waals surface area contributed by atoms with Crippen LogP contribution in [0.5, 0.6) is 5.75 Å². The summed E-state index contributed by atoms with van der Waals surface area (Å²) in [6.07, 6.45) is 1.75. The molecule has 0 saturated carbocycles. The quantitative estimate of drug-likeness (QED) is 0.173. The average molecular weight is 575 g/mol. The first-order valence-corrected chi connectivity index (χ1v) is 13.0. The molecule has 3 heterocycles. The number of halogens is 3. The van der Waals surface area contributed by atoms with Gasteiger partial charge in [0.15, 0.2) is 5.11 Å². The van der Waals surface area contributed by atoms with E-state index in [0.717, 1.165) is 16.9 Å². The van der Waals surface area contributed by atoms with Gasteiger partial charge in [-0.05, 0) is 72.9 Å². The zero-order valence-corrected chi connectivity index (χ0v) is 22.7. The summed E-state index contributed by atoms with van der Waals surface area (Å²) in [5, 5.41) is 5.45. The van der Waals surface area contributed by atoms with Crippen molar-refractivity contribution in [1.29, 1.82) is 0 Å². The van der Waals surface area contributed by atoms with Crippen LogP contribution in [0.4, 0.5) is 5.69 Å². The molecular formula is C27H22Cl3N3O3S. The molecule has 2 atom stereocenters. The van der Waals surface area contributed by atoms with E-state index in [1.807, 2.05) is 59.5 Å². The van der Waals surface area contributed by atoms with Gasteiger partial charge in [0.05, 0.1) is 28.4 Å². The molecule has 0 unspecified atom stereocenters. The summed E-state index contributed by atoms with van der Waals surface area (Å²) in [5.41, 5.74) is 2.35. The van der Waals surface area contributed by atoms with Crippen LogP contribution in [-0.2, 0) is 4.74 Å². The molecule has 10 heteroatoms. The van der Waals surface area contributed by atoms with Crippen molar-refractivity contribution < 1.29 is 13.9 Å². The molecule has 37 heavy (non-hydrogen) atoms. The summed E-state index contributed by atoms with van der Waals surface area (Å²) in [6, 6.07) is 19.8. The topological polar surface area (TPSA) is 59.8 Å². The number of thiocarbonyl (C=S) groups is 1. The highest BCUT2D eigenvalue weighted by atomic mass is 35.5. The summed E-state index contributed by atoms with van der Waals surface area (Å²) >= 11 is 24.9. The zero-order chi connectivity index (χ0) is 25.9. The normalized spacial score (nSPS) is 17.2. The standard InChI is InChI=1S/C27H22Cl3N3O3S/c1-34-12-13-35-23-8-6-17(15-20(23)30)33-26(25(32-27(33)37)21-4-2-3-11-31-21)24-10-9-22(36-24)18-7-5-16(28)14-19(18)29/h2-11,14-15,25-26H,12-13H2,1H3,(H,32,37)/t25-,26-/m0/s1. The van der Waals surface area contributed by atoms with Gasteiger partial charge in [0.2, 0.25) is 0 Å². The van der Waals surface area contributed by atoms with Gasteiger partial charge in [-0.1, -0.05) is 40.9 Å². The van der Waals surface area contributed by atoms with E-state index >= 15 is 0 Å². The number of ether oxygens (including phenoxy) is 2. The van der Waals surface area contributed by atoms with Crippen molar-refractivity contribution in [2.75, 3.05) is 25.2 Å². The molecule has 6 nitrogen and oxygen atoms in total. The Morgan fingerprint density at radius 1 is 1.00 bits per heavy atom. The van der Waals surface area contributed by atoms with Gasteiger partial charge in [-0.25, -0.2) is 0 Å². The minimum atomic E-state index is -0.349. The van der Waals surface area contributed by atoms with E-state index in [1.165, 1.54) is 0 Å². The molecule has 0 aliphatic carbocycles. The predicted octanol–water partition coefficient (Wildman–Crippen LogP) is 7.50. The summed E-state index contributed by atoms with van der Waals surface area (Å²) in [7, 11) is 1.62. The fraction of sp³-hybridized carbons (Fsp3) is 0.185. The van der Waals surface area contributed by atoms with Gasteiger partial charge in [0, 0.05) is 29.6 Å². The highest BCUT2D eigenvalue weighted by Crippen LogP contribution is 2.44. The van der Waals surface area contributed by atoms with Gasteiger partial charge in [-0.3, -0.25) is 4.98 Å². The first kappa shape index (κ1) is 25.8. The fourth-order valence-corrected chi connectivity index (χ4v) is 5.34. The minimum absolute atomic E-state index is 0.273. The summed E-state index contributed by atoms with van der Waals surface area (Å²) in [5.74, 6) is 1.87. The fourth-order valence-electron chi connectivity index (χ4n) is 4.26. The van der Waals surface area contributed by atoms with Crippen molar-refractivity contribution in [2.24, 2.45) is 0 Å². The van der Waals surface area contributed by atoms with Crippen LogP contribution in [0.25, 0.3) is 11.3 Å². The number of methoxy groups -OCH3 is 1. The van der Waals surface area contributed by atoms with Crippen LogP contribution in [0.2, 0.25) is 15.1 Å². The summed E-state index contributed by atoms with van der Waals surface area (Å²) < 4.78 is 17.2. The Morgan fingerprint density at radius 3 is 2.59 bits per heavy atom. The van der Waals surface area contributed by atoms with E-state index in [1.54, 1.807) is 25.4 Å². The number of furan rings is 1. The molecule has 0 radical (unpaired) electrons. The molecule has 5 rings (SSSR count). The van der Waals surface area contributed by atoms with E-state index in [4.69, 9.17) is 60.9 Å². The molecule has 2 aromatic heterocycles. The molecule has 2 aromatic carbocycles. The lowest BCUT2D eigenvalue weighted by Crippen LogP contribution is -2.29. The molecule has 1 fully saturated rings. The predicted molar refractivity (Wildman–Crippen MR) is 151 cm³/mol. The Balaban J connectivity index is 1.54. The molecule has 1 saturated heterocycles. The number of benzene rings is 2. The number of nitrogens with zero attached hydrogens (tertiary/aromatic N) is 2. The van der Waals surface area contributed by atoms with Gasteiger partial charge in [0.1, 0.15) is 29.9 Å². The van der Waals surface area contributed by atoms with Crippen LogP contribution in [0.1, 0.15) is 23.5 Å². The second kappa shape index (κ2) is 11.3. The van der Waals surface area contributed by atoms with Gasteiger partial charge >= 0.3 is 0 Å². The number of pyridine rings is 1. The Bertz CT molecular complexity index is 1420. The molecule has 1 N–H and O–H groups in total. The Labute approximate surface area is 235 Å². The van der Waals surface area contributed by atoms with E-state index in [-0.39, 0.29) is 12.1 Å². The van der Waals surface area contributed by atoms with Crippen molar-refractivity contribution in [3.8, 4) is 17.1 Å². The van der Waals surface area contributed by atoms with Crippen LogP contribution >= 0.6 is 47.0 Å². The number of hydrogen-bond donors (Lipinski definition) is 1. The second-order valence-corrected chi connectivity index (χ2v) is 9.92. The SMILES string of the molecule is COCCOc1ccc(N2C(=S)N[C@@H](c3ccccn3)[C@@H]2c2ccc(-c3ccc(Cl)cc3Cl)o2)cc1Cl. The highest BCUT2D eigenvalue weighted by Gasteiger charge is 2.42. The molecular weight excluding hydrogens is 553 g/mol. The Morgan fingerprint density at radius 2 is 1.86 bits per heavy atom. The lowest BCUT2D eigenvalue weighted by atomic mass is 10.0. The third-order valence-electron chi connectivity index (χ3n) is 5.95. The lowest BCUT2D eigenvalue weighted by Gasteiger charge is -2.26. The molecule has 190 valence electrons. The van der Waals surface area contributed by atoms with Crippen molar-refractivity contribution in [2.45, 2.75) is 12.1 Å². The maximum Gasteiger partial charge on any atom is 0.174 e. The smallest absolute Gasteiger partial charge is 0.174 e. The van der Waals surface area contributed by atoms with Crippen LogP contribution < -0.4 is 15.0 Å². The zero-order valence-electron chi connectivity index (χ0n) is 19.7. The Kier molecular flexibility index (Phi) is 7.88. The minimum Gasteiger partial charge on any atom is -0.490 e. The Hall–Kier alpha value is -2.81. The number of rotatable bonds is 8. The van der Waals surface area contributed by atoms with Crippen LogP contribution in [0, 0.1) is 0 Å². The molecule has 0 spiro atoms. The average Bonchev–Trinajstić information content (AvgIpc) is 3.50. The lowest BCUT2D eigenvalue weighted by molar-refractivity contribution is 0.146. The molecule has 1 aliphatic rings. The third kappa shape index (κ3) is 5.42. The highest BCUT2D eigenvalue weighted by molar-refractivity contribution is 7.80. The first-order valence-electron chi connectivity index (χ1n) is 11.4. The molecule has 1 aliphatic heterocycles. The van der Waals surface area contributed by atoms with Crippen LogP contribution in [0.15, 0.2) is 77.3 Å². The van der Waals surface area contributed by atoms with Crippen molar-refractivity contribution >= 4 is 57.8 Å². The van der Waals surface area contributed by atoms with Crippen molar-refractivity contribution in [3.63, 3.8) is 0 Å². The van der Waals surface area contributed by atoms with E-state index in [0.29, 0.717) is 50.7 Å². The molecule has 4 aromatic rings. The monoisotopic (exact) mass is 573 g/mol. The van der Waals surface area contributed by atoms with Gasteiger partial charge in [-0.15, -0.1) is 0 Å². The first-order chi connectivity index (χ1) is 18.0. The van der Waals surface area contributed by atoms with Gasteiger partial charge in [0.25, 0.3) is 0 Å². The number of nitrogens with one attached hydrogen (secondary N) is 1. The second-order valence-electron chi connectivity index (χ2n) is 8.28. The number of anilines is 1. The van der Waals surface area contributed by atoms with E-state index < -0.39 is 0 Å². The maximum absolute atomic E-state index is 6.58. The van der Waals surface area contributed by atoms with Crippen molar-refractivity contribution in [3.05, 3.63) is 99.4 Å². The van der Waals surface area contributed by atoms with Gasteiger partial charge < -0.3 is 24.1 Å². The molecule has 0 bridgehead atoms. The summed E-state index contributed by atoms with van der Waals surface area (Å²) in [6.45, 7) is 0.858. The van der Waals surface area contributed by atoms with E-state index in [9.17, 15) is 0 Å². The number of aromatic nitrogens is 1. The van der Waals surface area contributed by atoms with Crippen molar-refractivity contribution in [1.82, 2.24) is 10.3 Å².